The molecule has 0 rings (SSSR count). The first-order chi connectivity index (χ1) is 7.72. The molecule has 0 radical (unpaired) electrons. The van der Waals surface area contributed by atoms with Gasteiger partial charge >= 0.3 is 22.4 Å². The van der Waals surface area contributed by atoms with Crippen molar-refractivity contribution in [1.29, 1.82) is 0 Å². The summed E-state index contributed by atoms with van der Waals surface area (Å²) in [5.74, 6) is 0. The Morgan fingerprint density at radius 1 is 0.882 bits per heavy atom. The maximum Gasteiger partial charge on any atom is 1.00 e. The Balaban J connectivity index is 0. The second kappa shape index (κ2) is 14.9. The van der Waals surface area contributed by atoms with Gasteiger partial charge in [-0.3, -0.25) is 0 Å². The molecule has 0 aliphatic heterocycles. The van der Waals surface area contributed by atoms with E-state index in [1.165, 1.54) is 51.4 Å². The molecular formula is C13H26AgNS2. The van der Waals surface area contributed by atoms with Crippen LogP contribution >= 0.6 is 12.2 Å². The molecule has 0 unspecified atom stereocenters. The summed E-state index contributed by atoms with van der Waals surface area (Å²) in [6.45, 7) is 6.60. The maximum atomic E-state index is 5.11. The van der Waals surface area contributed by atoms with Crippen molar-refractivity contribution in [3.05, 3.63) is 0 Å². The largest absolute Gasteiger partial charge is 1.00 e. The molecule has 0 saturated carbocycles. The zero-order chi connectivity index (χ0) is 12.2. The first kappa shape index (κ1) is 20.2. The van der Waals surface area contributed by atoms with Crippen LogP contribution in [0.2, 0.25) is 0 Å². The fourth-order valence-electron chi connectivity index (χ4n) is 1.75. The van der Waals surface area contributed by atoms with E-state index in [0.717, 1.165) is 13.1 Å². The van der Waals surface area contributed by atoms with E-state index in [0.29, 0.717) is 4.32 Å². The van der Waals surface area contributed by atoms with Crippen molar-refractivity contribution >= 4 is 29.2 Å². The topological polar surface area (TPSA) is 3.24 Å². The molecule has 0 amide bonds. The molecular weight excluding hydrogens is 342 g/mol. The van der Waals surface area contributed by atoms with Crippen molar-refractivity contribution in [2.24, 2.45) is 0 Å². The van der Waals surface area contributed by atoms with E-state index >= 15 is 0 Å². The monoisotopic (exact) mass is 367 g/mol. The zero-order valence-corrected chi connectivity index (χ0v) is 14.3. The number of unbranched alkanes of at least 4 members (excludes halogenated alkanes) is 6. The molecule has 0 bridgehead atoms. The minimum atomic E-state index is 0. The van der Waals surface area contributed by atoms with Gasteiger partial charge in [0.15, 0.2) is 0 Å². The molecule has 0 aromatic carbocycles. The summed E-state index contributed by atoms with van der Waals surface area (Å²) in [4.78, 5) is 2.20. The molecule has 0 spiro atoms. The summed E-state index contributed by atoms with van der Waals surface area (Å²) < 4.78 is 0.660. The van der Waals surface area contributed by atoms with Crippen molar-refractivity contribution in [3.8, 4) is 0 Å². The molecule has 0 heterocycles. The number of thiocarbonyl (C=S) groups is 1. The molecule has 4 heteroatoms. The van der Waals surface area contributed by atoms with Crippen LogP contribution in [0, 0.1) is 0 Å². The number of hydrogen-bond donors (Lipinski definition) is 0. The average molecular weight is 368 g/mol. The van der Waals surface area contributed by atoms with Crippen LogP contribution in [0.5, 0.6) is 0 Å². The van der Waals surface area contributed by atoms with Gasteiger partial charge in [0, 0.05) is 13.1 Å². The first-order valence-electron chi connectivity index (χ1n) is 6.68. The van der Waals surface area contributed by atoms with E-state index in [4.69, 9.17) is 24.8 Å². The van der Waals surface area contributed by atoms with Crippen LogP contribution in [0.4, 0.5) is 0 Å². The zero-order valence-electron chi connectivity index (χ0n) is 11.1. The molecule has 0 aromatic heterocycles. The van der Waals surface area contributed by atoms with E-state index in [1.807, 2.05) is 0 Å². The van der Waals surface area contributed by atoms with Gasteiger partial charge in [0.25, 0.3) is 0 Å². The Bertz CT molecular complexity index is 165. The smallest absolute Gasteiger partial charge is 0.411 e. The summed E-state index contributed by atoms with van der Waals surface area (Å²) in [7, 11) is 0. The molecule has 0 N–H and O–H groups in total. The predicted molar refractivity (Wildman–Crippen MR) is 79.8 cm³/mol. The minimum Gasteiger partial charge on any atom is -0.411 e. The van der Waals surface area contributed by atoms with Crippen LogP contribution in [-0.4, -0.2) is 22.3 Å². The van der Waals surface area contributed by atoms with Gasteiger partial charge in [0.05, 0.1) is 0 Å². The van der Waals surface area contributed by atoms with Crippen LogP contribution in [0.3, 0.4) is 0 Å². The summed E-state index contributed by atoms with van der Waals surface area (Å²) in [6.07, 6.45) is 10.3. The van der Waals surface area contributed by atoms with Crippen molar-refractivity contribution < 1.29 is 22.4 Å². The van der Waals surface area contributed by atoms with Gasteiger partial charge in [-0.15, -0.1) is 0 Å². The van der Waals surface area contributed by atoms with Crippen LogP contribution in [0.15, 0.2) is 0 Å². The Labute approximate surface area is 134 Å². The Morgan fingerprint density at radius 3 is 1.59 bits per heavy atom. The third-order valence-corrected chi connectivity index (χ3v) is 3.34. The molecule has 0 saturated heterocycles. The van der Waals surface area contributed by atoms with Crippen LogP contribution in [-0.2, 0) is 35.0 Å². The molecule has 0 aliphatic rings. The fourth-order valence-corrected chi connectivity index (χ4v) is 2.12. The van der Waals surface area contributed by atoms with Gasteiger partial charge in [0.2, 0.25) is 0 Å². The van der Waals surface area contributed by atoms with Gasteiger partial charge in [-0.05, 0) is 12.8 Å². The first-order valence-corrected chi connectivity index (χ1v) is 7.50. The van der Waals surface area contributed by atoms with E-state index in [1.54, 1.807) is 0 Å². The normalized spacial score (nSPS) is 9.76. The van der Waals surface area contributed by atoms with Gasteiger partial charge in [-0.1, -0.05) is 56.7 Å². The summed E-state index contributed by atoms with van der Waals surface area (Å²) in [5.41, 5.74) is 0. The summed E-state index contributed by atoms with van der Waals surface area (Å²) >= 11 is 10.2. The fraction of sp³-hybridized carbons (Fsp3) is 0.923. The van der Waals surface area contributed by atoms with Gasteiger partial charge in [-0.25, -0.2) is 0 Å². The Morgan fingerprint density at radius 2 is 1.29 bits per heavy atom. The third-order valence-electron chi connectivity index (χ3n) is 2.82. The minimum absolute atomic E-state index is 0. The van der Waals surface area contributed by atoms with Crippen molar-refractivity contribution in [2.45, 2.75) is 65.2 Å². The molecule has 1 nitrogen and oxygen atoms in total. The SMILES string of the molecule is CCCCCCN(CCCCCC)C(=S)[S-].[Ag+]. The number of nitrogens with zero attached hydrogens (tertiary/aromatic N) is 1. The van der Waals surface area contributed by atoms with Gasteiger partial charge in [0.1, 0.15) is 0 Å². The Hall–Kier alpha value is 0.850. The van der Waals surface area contributed by atoms with Gasteiger partial charge < -0.3 is 29.7 Å². The summed E-state index contributed by atoms with van der Waals surface area (Å²) in [5, 5.41) is 0. The second-order valence-electron chi connectivity index (χ2n) is 4.37. The van der Waals surface area contributed by atoms with Crippen molar-refractivity contribution in [3.63, 3.8) is 0 Å². The average Bonchev–Trinajstić information content (AvgIpc) is 2.26. The van der Waals surface area contributed by atoms with Crippen LogP contribution < -0.4 is 0 Å². The molecule has 0 aliphatic carbocycles. The standard InChI is InChI=1S/C13H27NS2.Ag/c1-3-5-7-9-11-14(13(15)16)12-10-8-6-4-2;/h3-12H2,1-2H3,(H,15,16);/q;+1/p-1. The van der Waals surface area contributed by atoms with E-state index in [-0.39, 0.29) is 22.4 Å². The van der Waals surface area contributed by atoms with Crippen molar-refractivity contribution in [2.75, 3.05) is 13.1 Å². The molecule has 106 valence electrons. The Kier molecular flexibility index (Phi) is 17.7. The molecule has 0 fully saturated rings. The quantitative estimate of drug-likeness (QED) is 0.245. The van der Waals surface area contributed by atoms with Gasteiger partial charge in [-0.2, -0.15) is 0 Å². The second-order valence-corrected chi connectivity index (χ2v) is 5.41. The van der Waals surface area contributed by atoms with Crippen LogP contribution in [0.1, 0.15) is 65.2 Å². The van der Waals surface area contributed by atoms with Crippen molar-refractivity contribution in [1.82, 2.24) is 4.90 Å². The van der Waals surface area contributed by atoms with Crippen LogP contribution in [0.25, 0.3) is 0 Å². The maximum absolute atomic E-state index is 5.11. The summed E-state index contributed by atoms with van der Waals surface area (Å²) in [6, 6.07) is 0. The molecule has 0 atom stereocenters. The van der Waals surface area contributed by atoms with E-state index in [9.17, 15) is 0 Å². The molecule has 0 aromatic rings. The third kappa shape index (κ3) is 13.1. The predicted octanol–water partition coefficient (Wildman–Crippen LogP) is 4.28. The number of hydrogen-bond acceptors (Lipinski definition) is 2. The van der Waals surface area contributed by atoms with E-state index in [2.05, 4.69) is 18.7 Å². The van der Waals surface area contributed by atoms with E-state index < -0.39 is 0 Å². The number of rotatable bonds is 10. The molecule has 17 heavy (non-hydrogen) atoms.